The van der Waals surface area contributed by atoms with Gasteiger partial charge in [0.25, 0.3) is 0 Å². The summed E-state index contributed by atoms with van der Waals surface area (Å²) in [4.78, 5) is 53.7. The molecule has 38 heavy (non-hydrogen) atoms. The van der Waals surface area contributed by atoms with Crippen LogP contribution in [0.3, 0.4) is 0 Å². The first-order valence-electron chi connectivity index (χ1n) is 13.2. The summed E-state index contributed by atoms with van der Waals surface area (Å²) in [6.07, 6.45) is -7.44. The number of benzene rings is 1. The summed E-state index contributed by atoms with van der Waals surface area (Å²) in [5.74, 6) is -3.11. The van der Waals surface area contributed by atoms with E-state index in [-0.39, 0.29) is 16.2 Å². The number of carbonyl (C=O) groups excluding carboxylic acids is 4. The van der Waals surface area contributed by atoms with Gasteiger partial charge in [-0.15, -0.1) is 0 Å². The minimum Gasteiger partial charge on any atom is -0.444 e. The van der Waals surface area contributed by atoms with Gasteiger partial charge in [0.2, 0.25) is 17.7 Å². The summed E-state index contributed by atoms with van der Waals surface area (Å²) in [7, 11) is 0. The number of hydrogen-bond donors (Lipinski definition) is 2. The molecule has 0 bridgehead atoms. The number of hydrogen-bond acceptors (Lipinski definition) is 5. The van der Waals surface area contributed by atoms with Crippen LogP contribution in [0.2, 0.25) is 0 Å². The number of alkyl halides is 4. The van der Waals surface area contributed by atoms with Crippen molar-refractivity contribution < 1.29 is 45.6 Å². The smallest absolute Gasteiger partial charge is 0.416 e. The zero-order chi connectivity index (χ0) is 31.5. The van der Waals surface area contributed by atoms with Crippen molar-refractivity contribution in [3.05, 3.63) is 29.3 Å². The first-order valence-corrected chi connectivity index (χ1v) is 11.7. The van der Waals surface area contributed by atoms with Crippen molar-refractivity contribution in [1.29, 1.82) is 0 Å². The number of nitrogens with one attached hydrogen (secondary N) is 1. The summed E-state index contributed by atoms with van der Waals surface area (Å²) in [6, 6.07) is -1.05. The highest BCUT2D eigenvalue weighted by Crippen LogP contribution is 2.48. The van der Waals surface area contributed by atoms with Gasteiger partial charge in [0, 0.05) is 29.7 Å². The Labute approximate surface area is 221 Å². The third-order valence-electron chi connectivity index (χ3n) is 6.38. The van der Waals surface area contributed by atoms with Gasteiger partial charge in [-0.3, -0.25) is 19.3 Å². The van der Waals surface area contributed by atoms with Crippen LogP contribution in [0.4, 0.5) is 28.0 Å². The van der Waals surface area contributed by atoms with Crippen LogP contribution in [0, 0.1) is 0 Å². The summed E-state index contributed by atoms with van der Waals surface area (Å²) >= 11 is 0. The molecule has 1 aromatic carbocycles. The fourth-order valence-electron chi connectivity index (χ4n) is 4.74. The topological polar surface area (TPSA) is 122 Å². The maximum Gasteiger partial charge on any atom is 0.416 e. The van der Waals surface area contributed by atoms with Crippen LogP contribution in [0.1, 0.15) is 62.7 Å². The number of ether oxygens (including phenoxy) is 1. The van der Waals surface area contributed by atoms with E-state index in [4.69, 9.17) is 14.6 Å². The highest BCUT2D eigenvalue weighted by atomic mass is 19.4. The Hall–Kier alpha value is -3.38. The van der Waals surface area contributed by atoms with Crippen molar-refractivity contribution in [3.8, 4) is 0 Å². The number of fused-ring (bicyclic) bond motifs is 2. The van der Waals surface area contributed by atoms with Gasteiger partial charge in [-0.25, -0.2) is 9.18 Å². The van der Waals surface area contributed by atoms with Gasteiger partial charge in [0.1, 0.15) is 23.4 Å². The Bertz CT molecular complexity index is 1260. The Morgan fingerprint density at radius 1 is 1.24 bits per heavy atom. The molecule has 2 heterocycles. The average molecular weight is 548 g/mol. The van der Waals surface area contributed by atoms with E-state index in [1.54, 1.807) is 0 Å². The Morgan fingerprint density at radius 2 is 1.87 bits per heavy atom. The van der Waals surface area contributed by atoms with Crippen molar-refractivity contribution in [3.63, 3.8) is 0 Å². The van der Waals surface area contributed by atoms with Crippen LogP contribution in [-0.2, 0) is 30.7 Å². The minimum atomic E-state index is -4.71. The standard InChI is InChI=1S/C25H32F4N4O5/c1-22(2,3)38-21(37)32(6)17(10-23(4,5)26)19(35)33-12-24(11-16(33)18(30)34)14-8-7-13(25(27,28)29)9-15(14)31-20(24)36/h7-9,16-17H,10-12H2,1-6H3,(H2,30,34)(H,31,36)/t16-,17-,24-/m0/s1/i6D3. The van der Waals surface area contributed by atoms with E-state index < -0.39 is 90.7 Å². The van der Waals surface area contributed by atoms with Crippen LogP contribution >= 0.6 is 0 Å². The molecule has 0 radical (unpaired) electrons. The van der Waals surface area contributed by atoms with Gasteiger partial charge < -0.3 is 20.7 Å². The van der Waals surface area contributed by atoms with Gasteiger partial charge in [-0.05, 0) is 58.7 Å². The number of primary amides is 1. The third-order valence-corrected chi connectivity index (χ3v) is 6.38. The molecular weight excluding hydrogens is 512 g/mol. The van der Waals surface area contributed by atoms with Crippen molar-refractivity contribution in [2.24, 2.45) is 5.73 Å². The number of carbonyl (C=O) groups is 4. The summed E-state index contributed by atoms with van der Waals surface area (Å²) in [5, 5.41) is 2.36. The third kappa shape index (κ3) is 5.70. The van der Waals surface area contributed by atoms with Gasteiger partial charge in [0.15, 0.2) is 0 Å². The quantitative estimate of drug-likeness (QED) is 0.548. The molecule has 2 aliphatic heterocycles. The number of likely N-dealkylation sites (tertiary alicyclic amines) is 1. The highest BCUT2D eigenvalue weighted by Gasteiger charge is 2.58. The lowest BCUT2D eigenvalue weighted by atomic mass is 9.79. The molecule has 2 aliphatic rings. The zero-order valence-electron chi connectivity index (χ0n) is 24.5. The van der Waals surface area contributed by atoms with Crippen LogP contribution in [0.25, 0.3) is 0 Å². The van der Waals surface area contributed by atoms with Gasteiger partial charge in [-0.1, -0.05) is 6.07 Å². The van der Waals surface area contributed by atoms with Crippen LogP contribution in [0.15, 0.2) is 18.2 Å². The number of nitrogens with two attached hydrogens (primary N) is 1. The van der Waals surface area contributed by atoms with E-state index in [1.807, 2.05) is 0 Å². The molecule has 1 fully saturated rings. The molecule has 0 saturated carbocycles. The summed E-state index contributed by atoms with van der Waals surface area (Å²) in [6.45, 7) is 2.55. The Morgan fingerprint density at radius 3 is 2.37 bits per heavy atom. The number of rotatable bonds is 5. The summed E-state index contributed by atoms with van der Waals surface area (Å²) < 4.78 is 83.8. The molecule has 0 aliphatic carbocycles. The molecular formula is C25H32F4N4O5. The number of halogens is 4. The average Bonchev–Trinajstić information content (AvgIpc) is 3.28. The van der Waals surface area contributed by atoms with Gasteiger partial charge >= 0.3 is 12.3 Å². The molecule has 1 spiro atoms. The van der Waals surface area contributed by atoms with E-state index in [9.17, 15) is 36.7 Å². The van der Waals surface area contributed by atoms with E-state index >= 15 is 0 Å². The first-order chi connectivity index (χ1) is 18.4. The van der Waals surface area contributed by atoms with Crippen LogP contribution in [-0.4, -0.2) is 70.5 Å². The van der Waals surface area contributed by atoms with Crippen LogP contribution < -0.4 is 11.1 Å². The predicted molar refractivity (Wildman–Crippen MR) is 129 cm³/mol. The molecule has 1 saturated heterocycles. The first kappa shape index (κ1) is 24.9. The van der Waals surface area contributed by atoms with Crippen molar-refractivity contribution >= 4 is 29.5 Å². The maximum absolute atomic E-state index is 15.0. The molecule has 3 N–H and O–H groups in total. The minimum absolute atomic E-state index is 0.0687. The number of amides is 4. The van der Waals surface area contributed by atoms with Gasteiger partial charge in [-0.2, -0.15) is 13.2 Å². The fraction of sp³-hybridized carbons (Fsp3) is 0.600. The maximum atomic E-state index is 15.0. The monoisotopic (exact) mass is 547 g/mol. The Balaban J connectivity index is 2.11. The predicted octanol–water partition coefficient (Wildman–Crippen LogP) is 3.36. The largest absolute Gasteiger partial charge is 0.444 e. The molecule has 9 nitrogen and oxygen atoms in total. The molecule has 1 aromatic rings. The molecule has 3 rings (SSSR count). The van der Waals surface area contributed by atoms with E-state index in [0.29, 0.717) is 0 Å². The van der Waals surface area contributed by atoms with E-state index in [1.165, 1.54) is 20.8 Å². The number of anilines is 1. The highest BCUT2D eigenvalue weighted by molar-refractivity contribution is 6.08. The summed E-state index contributed by atoms with van der Waals surface area (Å²) in [5.41, 5.74) is -0.731. The Kier molecular flexibility index (Phi) is 6.18. The molecule has 0 unspecified atom stereocenters. The molecule has 4 amide bonds. The van der Waals surface area contributed by atoms with E-state index in [0.717, 1.165) is 36.9 Å². The second-order valence-electron chi connectivity index (χ2n) is 11.2. The second-order valence-corrected chi connectivity index (χ2v) is 11.2. The second kappa shape index (κ2) is 9.42. The number of likely N-dealkylation sites (N-methyl/N-ethyl adjacent to an activating group) is 1. The fourth-order valence-corrected chi connectivity index (χ4v) is 4.74. The number of nitrogens with zero attached hydrogens (tertiary/aromatic N) is 2. The van der Waals surface area contributed by atoms with Crippen molar-refractivity contribution in [2.75, 3.05) is 18.8 Å². The molecule has 210 valence electrons. The SMILES string of the molecule is [2H]C([2H])([2H])N(C(=O)OC(C)(C)C)[C@@H](CC(C)(C)F)C(=O)N1C[C@]2(C[C@H]1C(N)=O)C(=O)Nc1cc(C(F)(F)F)ccc12. The molecule has 0 aromatic heterocycles. The van der Waals surface area contributed by atoms with Crippen LogP contribution in [0.5, 0.6) is 0 Å². The van der Waals surface area contributed by atoms with Crippen molar-refractivity contribution in [2.45, 2.75) is 82.4 Å². The lowest BCUT2D eigenvalue weighted by Crippen LogP contribution is -2.55. The zero-order valence-corrected chi connectivity index (χ0v) is 21.5. The lowest BCUT2D eigenvalue weighted by Gasteiger charge is -2.35. The lowest BCUT2D eigenvalue weighted by molar-refractivity contribution is -0.142. The normalized spacial score (nSPS) is 23.7. The molecule has 13 heteroatoms. The van der Waals surface area contributed by atoms with Crippen molar-refractivity contribution in [1.82, 2.24) is 9.80 Å². The van der Waals surface area contributed by atoms with Gasteiger partial charge in [0.05, 0.1) is 11.0 Å². The molecule has 3 atom stereocenters. The van der Waals surface area contributed by atoms with E-state index in [2.05, 4.69) is 5.32 Å².